The lowest BCUT2D eigenvalue weighted by atomic mass is 10.1. The summed E-state index contributed by atoms with van der Waals surface area (Å²) in [6.45, 7) is 0.303. The topological polar surface area (TPSA) is 119 Å². The standard InChI is InChI=1S/C15H18N4O5/c20-6-10-9(22)4-11(24-10)19-5-8-2-1-3-23-14-12(8)13(19)17-15(18-14)16-7-21/h5,7,9-11,20,22H,1-4,6H2,(H,16,17,18,21)/t9-,10+,11+/m0/s1. The number of nitrogens with one attached hydrogen (secondary N) is 1. The van der Waals surface area contributed by atoms with E-state index in [4.69, 9.17) is 9.47 Å². The van der Waals surface area contributed by atoms with Gasteiger partial charge in [0, 0.05) is 12.6 Å². The summed E-state index contributed by atoms with van der Waals surface area (Å²) >= 11 is 0. The van der Waals surface area contributed by atoms with E-state index in [-0.39, 0.29) is 12.6 Å². The fourth-order valence-corrected chi connectivity index (χ4v) is 3.30. The highest BCUT2D eigenvalue weighted by Crippen LogP contribution is 2.37. The molecule has 3 atom stereocenters. The van der Waals surface area contributed by atoms with Gasteiger partial charge < -0.3 is 24.3 Å². The van der Waals surface area contributed by atoms with Gasteiger partial charge in [-0.15, -0.1) is 0 Å². The predicted molar refractivity (Wildman–Crippen MR) is 82.7 cm³/mol. The third-order valence-corrected chi connectivity index (χ3v) is 4.43. The zero-order valence-electron chi connectivity index (χ0n) is 12.9. The number of aromatic nitrogens is 3. The van der Waals surface area contributed by atoms with Gasteiger partial charge in [-0.25, -0.2) is 0 Å². The highest BCUT2D eigenvalue weighted by Gasteiger charge is 2.36. The fourth-order valence-electron chi connectivity index (χ4n) is 3.30. The maximum absolute atomic E-state index is 10.7. The van der Waals surface area contributed by atoms with E-state index in [1.807, 2.05) is 10.8 Å². The average Bonchev–Trinajstić information content (AvgIpc) is 3.05. The number of anilines is 1. The van der Waals surface area contributed by atoms with Crippen molar-refractivity contribution in [3.8, 4) is 5.88 Å². The largest absolute Gasteiger partial charge is 0.477 e. The first-order valence-electron chi connectivity index (χ1n) is 7.90. The number of carbonyl (C=O) groups excluding carboxylic acids is 1. The molecule has 0 aliphatic carbocycles. The molecular formula is C15H18N4O5. The van der Waals surface area contributed by atoms with Crippen LogP contribution in [-0.2, 0) is 16.0 Å². The minimum Gasteiger partial charge on any atom is -0.477 e. The second-order valence-electron chi connectivity index (χ2n) is 5.94. The highest BCUT2D eigenvalue weighted by atomic mass is 16.5. The minimum absolute atomic E-state index is 0.151. The molecule has 2 aromatic rings. The summed E-state index contributed by atoms with van der Waals surface area (Å²) in [4.78, 5) is 19.4. The van der Waals surface area contributed by atoms with E-state index in [1.54, 1.807) is 0 Å². The molecule has 3 N–H and O–H groups in total. The van der Waals surface area contributed by atoms with E-state index in [0.717, 1.165) is 23.8 Å². The Labute approximate surface area is 137 Å². The van der Waals surface area contributed by atoms with E-state index in [2.05, 4.69) is 15.3 Å². The molecule has 2 aliphatic heterocycles. The smallest absolute Gasteiger partial charge is 0.234 e. The van der Waals surface area contributed by atoms with Gasteiger partial charge in [-0.3, -0.25) is 10.1 Å². The molecule has 1 amide bonds. The molecule has 2 aliphatic rings. The second kappa shape index (κ2) is 6.00. The van der Waals surface area contributed by atoms with Crippen molar-refractivity contribution < 1.29 is 24.5 Å². The number of aliphatic hydroxyl groups is 2. The van der Waals surface area contributed by atoms with Crippen molar-refractivity contribution in [3.63, 3.8) is 0 Å². The molecule has 9 nitrogen and oxygen atoms in total. The third-order valence-electron chi connectivity index (χ3n) is 4.43. The van der Waals surface area contributed by atoms with E-state index < -0.39 is 18.4 Å². The molecule has 0 spiro atoms. The highest BCUT2D eigenvalue weighted by molar-refractivity contribution is 5.87. The van der Waals surface area contributed by atoms with Crippen molar-refractivity contribution >= 4 is 23.4 Å². The molecule has 0 saturated carbocycles. The maximum Gasteiger partial charge on any atom is 0.234 e. The molecule has 2 aromatic heterocycles. The van der Waals surface area contributed by atoms with Crippen molar-refractivity contribution in [1.82, 2.24) is 14.5 Å². The lowest BCUT2D eigenvalue weighted by Gasteiger charge is -2.15. The number of nitrogens with zero attached hydrogens (tertiary/aromatic N) is 3. The molecule has 4 heterocycles. The molecule has 1 fully saturated rings. The van der Waals surface area contributed by atoms with Gasteiger partial charge in [-0.05, 0) is 18.4 Å². The first-order valence-corrected chi connectivity index (χ1v) is 7.90. The van der Waals surface area contributed by atoms with E-state index >= 15 is 0 Å². The van der Waals surface area contributed by atoms with Crippen LogP contribution >= 0.6 is 0 Å². The molecule has 1 saturated heterocycles. The Bertz CT molecular complexity index is 777. The second-order valence-corrected chi connectivity index (χ2v) is 5.94. The maximum atomic E-state index is 10.7. The van der Waals surface area contributed by atoms with Gasteiger partial charge in [0.1, 0.15) is 12.3 Å². The van der Waals surface area contributed by atoms with Crippen LogP contribution in [0.2, 0.25) is 0 Å². The quantitative estimate of drug-likeness (QED) is 0.672. The van der Waals surface area contributed by atoms with Gasteiger partial charge in [-0.1, -0.05) is 0 Å². The van der Waals surface area contributed by atoms with E-state index in [0.29, 0.717) is 31.0 Å². The summed E-state index contributed by atoms with van der Waals surface area (Å²) in [7, 11) is 0. The Morgan fingerprint density at radius 3 is 3.08 bits per heavy atom. The Morgan fingerprint density at radius 1 is 1.46 bits per heavy atom. The van der Waals surface area contributed by atoms with Crippen molar-refractivity contribution in [2.24, 2.45) is 0 Å². The van der Waals surface area contributed by atoms with Crippen LogP contribution < -0.4 is 10.1 Å². The molecule has 128 valence electrons. The summed E-state index contributed by atoms with van der Waals surface area (Å²) in [6, 6.07) is 0. The Morgan fingerprint density at radius 2 is 2.33 bits per heavy atom. The number of hydrogen-bond acceptors (Lipinski definition) is 7. The number of hydrogen-bond donors (Lipinski definition) is 3. The number of aliphatic hydroxyl groups excluding tert-OH is 2. The minimum atomic E-state index is -0.737. The number of rotatable bonds is 4. The summed E-state index contributed by atoms with van der Waals surface area (Å²) in [5.74, 6) is 0.588. The van der Waals surface area contributed by atoms with Crippen LogP contribution in [0.15, 0.2) is 6.20 Å². The van der Waals surface area contributed by atoms with Crippen LogP contribution in [0.5, 0.6) is 5.88 Å². The van der Waals surface area contributed by atoms with Gasteiger partial charge in [0.05, 0.1) is 24.7 Å². The first kappa shape index (κ1) is 15.3. The summed E-state index contributed by atoms with van der Waals surface area (Å²) in [5.41, 5.74) is 1.62. The first-order chi connectivity index (χ1) is 11.7. The molecule has 0 bridgehead atoms. The van der Waals surface area contributed by atoms with Crippen LogP contribution in [0.25, 0.3) is 11.0 Å². The Hall–Kier alpha value is -2.23. The molecule has 0 unspecified atom stereocenters. The molecule has 0 radical (unpaired) electrons. The number of aryl methyl sites for hydroxylation is 1. The Kier molecular flexibility index (Phi) is 3.83. The van der Waals surface area contributed by atoms with E-state index in [1.165, 1.54) is 0 Å². The molecule has 4 rings (SSSR count). The van der Waals surface area contributed by atoms with Crippen LogP contribution in [0.4, 0.5) is 5.95 Å². The molecule has 0 aromatic carbocycles. The number of carbonyl (C=O) groups is 1. The number of ether oxygens (including phenoxy) is 2. The van der Waals surface area contributed by atoms with Crippen molar-refractivity contribution in [2.75, 3.05) is 18.5 Å². The van der Waals surface area contributed by atoms with Gasteiger partial charge in [0.25, 0.3) is 0 Å². The summed E-state index contributed by atoms with van der Waals surface area (Å²) < 4.78 is 13.3. The third kappa shape index (κ3) is 2.41. The SMILES string of the molecule is O=CNc1nc2c3c(cn([C@H]4C[C@H](O)[C@@H](CO)O4)c3n1)CCCO2. The molecule has 9 heteroatoms. The number of amides is 1. The van der Waals surface area contributed by atoms with Crippen molar-refractivity contribution in [3.05, 3.63) is 11.8 Å². The van der Waals surface area contributed by atoms with Gasteiger partial charge in [0.2, 0.25) is 18.2 Å². The van der Waals surface area contributed by atoms with Crippen LogP contribution in [-0.4, -0.2) is 56.6 Å². The monoisotopic (exact) mass is 334 g/mol. The molecule has 24 heavy (non-hydrogen) atoms. The average molecular weight is 334 g/mol. The van der Waals surface area contributed by atoms with E-state index in [9.17, 15) is 15.0 Å². The Balaban J connectivity index is 1.84. The van der Waals surface area contributed by atoms with Crippen LogP contribution in [0.3, 0.4) is 0 Å². The van der Waals surface area contributed by atoms with Crippen molar-refractivity contribution in [1.29, 1.82) is 0 Å². The predicted octanol–water partition coefficient (Wildman–Crippen LogP) is -0.0347. The lowest BCUT2D eigenvalue weighted by Crippen LogP contribution is -2.24. The van der Waals surface area contributed by atoms with Crippen LogP contribution in [0, 0.1) is 0 Å². The van der Waals surface area contributed by atoms with Gasteiger partial charge in [-0.2, -0.15) is 9.97 Å². The molecular weight excluding hydrogens is 316 g/mol. The fraction of sp³-hybridized carbons (Fsp3) is 0.533. The van der Waals surface area contributed by atoms with Gasteiger partial charge in [0.15, 0.2) is 5.65 Å². The summed E-state index contributed by atoms with van der Waals surface area (Å²) in [5, 5.41) is 22.5. The van der Waals surface area contributed by atoms with Crippen molar-refractivity contribution in [2.45, 2.75) is 37.7 Å². The zero-order chi connectivity index (χ0) is 16.7. The normalized spacial score (nSPS) is 26.2. The van der Waals surface area contributed by atoms with Crippen LogP contribution in [0.1, 0.15) is 24.6 Å². The zero-order valence-corrected chi connectivity index (χ0v) is 12.9. The lowest BCUT2D eigenvalue weighted by molar-refractivity contribution is -0.105. The van der Waals surface area contributed by atoms with Gasteiger partial charge >= 0.3 is 0 Å². The summed E-state index contributed by atoms with van der Waals surface area (Å²) in [6.07, 6.45) is 2.66.